The number of hydrogen-bond donors (Lipinski definition) is 2. The minimum Gasteiger partial charge on any atom is -0.497 e. The van der Waals surface area contributed by atoms with Gasteiger partial charge in [-0.05, 0) is 37.1 Å². The van der Waals surface area contributed by atoms with Crippen LogP contribution in [0.1, 0.15) is 12.8 Å². The molecule has 0 aliphatic carbocycles. The predicted octanol–water partition coefficient (Wildman–Crippen LogP) is 1.94. The van der Waals surface area contributed by atoms with Crippen LogP contribution in [0.25, 0.3) is 0 Å². The van der Waals surface area contributed by atoms with Crippen molar-refractivity contribution < 1.29 is 14.6 Å². The molecular weight excluding hydrogens is 320 g/mol. The van der Waals surface area contributed by atoms with Crippen LogP contribution in [0.4, 0.5) is 11.6 Å². The van der Waals surface area contributed by atoms with E-state index in [-0.39, 0.29) is 12.6 Å². The number of aliphatic hydroxyl groups excluding tert-OH is 1. The largest absolute Gasteiger partial charge is 0.497 e. The van der Waals surface area contributed by atoms with Gasteiger partial charge in [-0.1, -0.05) is 0 Å². The summed E-state index contributed by atoms with van der Waals surface area (Å²) in [6, 6.07) is 9.57. The fraction of sp³-hybridized carbons (Fsp3) is 0.444. The summed E-state index contributed by atoms with van der Waals surface area (Å²) in [6.07, 6.45) is 3.63. The lowest BCUT2D eigenvalue weighted by atomic mass is 10.2. The molecule has 1 fully saturated rings. The molecule has 1 aromatic heterocycles. The number of anilines is 2. The summed E-state index contributed by atoms with van der Waals surface area (Å²) in [4.78, 5) is 10.7. The highest BCUT2D eigenvalue weighted by Crippen LogP contribution is 2.24. The van der Waals surface area contributed by atoms with Crippen molar-refractivity contribution in [3.63, 3.8) is 0 Å². The number of aromatic nitrogens is 2. The Morgan fingerprint density at radius 3 is 2.80 bits per heavy atom. The van der Waals surface area contributed by atoms with E-state index in [1.165, 1.54) is 0 Å². The van der Waals surface area contributed by atoms with Crippen LogP contribution in [-0.4, -0.2) is 54.5 Å². The number of ether oxygens (including phenoxy) is 2. The second-order valence-corrected chi connectivity index (χ2v) is 5.88. The minimum absolute atomic E-state index is 0.154. The molecule has 7 heteroatoms. The first kappa shape index (κ1) is 17.3. The zero-order chi connectivity index (χ0) is 17.5. The standard InChI is InChI=1S/C18H24N4O3/c1-24-15-4-6-16(7-5-15)25-10-8-19-17-11-18(21-13-20-17)22-9-2-3-14(22)12-23/h4-7,11,13-14,23H,2-3,8-10,12H2,1H3,(H,19,20,21)/t14-/m0/s1. The van der Waals surface area contributed by atoms with Gasteiger partial charge in [0.05, 0.1) is 26.3 Å². The van der Waals surface area contributed by atoms with Crippen molar-refractivity contribution >= 4 is 11.6 Å². The number of methoxy groups -OCH3 is 1. The maximum atomic E-state index is 9.46. The molecule has 2 aromatic rings. The van der Waals surface area contributed by atoms with Gasteiger partial charge in [0.2, 0.25) is 0 Å². The van der Waals surface area contributed by atoms with E-state index in [1.807, 2.05) is 30.3 Å². The smallest absolute Gasteiger partial charge is 0.134 e. The fourth-order valence-electron chi connectivity index (χ4n) is 2.95. The van der Waals surface area contributed by atoms with Crippen molar-refractivity contribution in [2.75, 3.05) is 43.6 Å². The van der Waals surface area contributed by atoms with Crippen LogP contribution in [0, 0.1) is 0 Å². The SMILES string of the molecule is COc1ccc(OCCNc2cc(N3CCC[C@H]3CO)ncn2)cc1. The Morgan fingerprint density at radius 1 is 1.24 bits per heavy atom. The minimum atomic E-state index is 0.154. The summed E-state index contributed by atoms with van der Waals surface area (Å²) in [7, 11) is 1.64. The number of nitrogens with one attached hydrogen (secondary N) is 1. The van der Waals surface area contributed by atoms with Gasteiger partial charge < -0.3 is 24.8 Å². The Balaban J connectivity index is 1.49. The zero-order valence-corrected chi connectivity index (χ0v) is 14.4. The number of hydrogen-bond acceptors (Lipinski definition) is 7. The summed E-state index contributed by atoms with van der Waals surface area (Å²) in [5.41, 5.74) is 0. The van der Waals surface area contributed by atoms with Crippen LogP contribution in [0.2, 0.25) is 0 Å². The maximum Gasteiger partial charge on any atom is 0.134 e. The number of benzene rings is 1. The van der Waals surface area contributed by atoms with Gasteiger partial charge in [0.15, 0.2) is 0 Å². The number of aliphatic hydroxyl groups is 1. The maximum absolute atomic E-state index is 9.46. The van der Waals surface area contributed by atoms with Gasteiger partial charge in [0.1, 0.15) is 36.1 Å². The number of nitrogens with zero attached hydrogens (tertiary/aromatic N) is 3. The molecule has 0 radical (unpaired) electrons. The molecule has 1 aliphatic heterocycles. The Bertz CT molecular complexity index is 666. The molecule has 0 unspecified atom stereocenters. The lowest BCUT2D eigenvalue weighted by Crippen LogP contribution is -2.32. The summed E-state index contributed by atoms with van der Waals surface area (Å²) in [5.74, 6) is 3.22. The molecule has 2 N–H and O–H groups in total. The van der Waals surface area contributed by atoms with E-state index in [2.05, 4.69) is 20.2 Å². The monoisotopic (exact) mass is 344 g/mol. The third kappa shape index (κ3) is 4.51. The summed E-state index contributed by atoms with van der Waals surface area (Å²) >= 11 is 0. The molecular formula is C18H24N4O3. The highest BCUT2D eigenvalue weighted by atomic mass is 16.5. The Labute approximate surface area is 147 Å². The first-order chi connectivity index (χ1) is 12.3. The van der Waals surface area contributed by atoms with Crippen LogP contribution in [0.3, 0.4) is 0 Å². The highest BCUT2D eigenvalue weighted by Gasteiger charge is 2.25. The second kappa shape index (κ2) is 8.53. The molecule has 3 rings (SSSR count). The van der Waals surface area contributed by atoms with Gasteiger partial charge in [-0.25, -0.2) is 9.97 Å². The normalized spacial score (nSPS) is 16.7. The van der Waals surface area contributed by atoms with Crippen LogP contribution >= 0.6 is 0 Å². The Morgan fingerprint density at radius 2 is 2.04 bits per heavy atom. The average Bonchev–Trinajstić information content (AvgIpc) is 3.15. The van der Waals surface area contributed by atoms with E-state index in [0.717, 1.165) is 42.5 Å². The third-order valence-corrected chi connectivity index (χ3v) is 4.27. The van der Waals surface area contributed by atoms with Gasteiger partial charge in [0.25, 0.3) is 0 Å². The van der Waals surface area contributed by atoms with Gasteiger partial charge in [0, 0.05) is 12.6 Å². The molecule has 25 heavy (non-hydrogen) atoms. The summed E-state index contributed by atoms with van der Waals surface area (Å²) < 4.78 is 10.8. The third-order valence-electron chi connectivity index (χ3n) is 4.27. The van der Waals surface area contributed by atoms with E-state index in [0.29, 0.717) is 13.2 Å². The Kier molecular flexibility index (Phi) is 5.90. The molecule has 1 aromatic carbocycles. The zero-order valence-electron chi connectivity index (χ0n) is 14.4. The van der Waals surface area contributed by atoms with E-state index < -0.39 is 0 Å². The number of rotatable bonds is 8. The molecule has 7 nitrogen and oxygen atoms in total. The summed E-state index contributed by atoms with van der Waals surface area (Å²) in [5, 5.41) is 12.7. The molecule has 0 amide bonds. The van der Waals surface area contributed by atoms with Gasteiger partial charge in [-0.15, -0.1) is 0 Å². The van der Waals surface area contributed by atoms with Crippen molar-refractivity contribution in [3.05, 3.63) is 36.7 Å². The van der Waals surface area contributed by atoms with Crippen LogP contribution in [0.5, 0.6) is 11.5 Å². The molecule has 0 bridgehead atoms. The second-order valence-electron chi connectivity index (χ2n) is 5.88. The molecule has 1 saturated heterocycles. The molecule has 0 spiro atoms. The van der Waals surface area contributed by atoms with Crippen molar-refractivity contribution in [1.82, 2.24) is 9.97 Å². The summed E-state index contributed by atoms with van der Waals surface area (Å²) in [6.45, 7) is 2.23. The van der Waals surface area contributed by atoms with Crippen molar-refractivity contribution in [3.8, 4) is 11.5 Å². The van der Waals surface area contributed by atoms with Crippen LogP contribution in [-0.2, 0) is 0 Å². The van der Waals surface area contributed by atoms with E-state index in [4.69, 9.17) is 9.47 Å². The van der Waals surface area contributed by atoms with Gasteiger partial charge >= 0.3 is 0 Å². The van der Waals surface area contributed by atoms with Crippen molar-refractivity contribution in [1.29, 1.82) is 0 Å². The quantitative estimate of drug-likeness (QED) is 0.708. The van der Waals surface area contributed by atoms with E-state index in [9.17, 15) is 5.11 Å². The average molecular weight is 344 g/mol. The molecule has 0 saturated carbocycles. The van der Waals surface area contributed by atoms with E-state index in [1.54, 1.807) is 13.4 Å². The lowest BCUT2D eigenvalue weighted by Gasteiger charge is -2.24. The van der Waals surface area contributed by atoms with E-state index >= 15 is 0 Å². The molecule has 134 valence electrons. The fourth-order valence-corrected chi connectivity index (χ4v) is 2.95. The van der Waals surface area contributed by atoms with Gasteiger partial charge in [-0.3, -0.25) is 0 Å². The molecule has 1 atom stereocenters. The van der Waals surface area contributed by atoms with Crippen LogP contribution < -0.4 is 19.7 Å². The lowest BCUT2D eigenvalue weighted by molar-refractivity contribution is 0.266. The van der Waals surface area contributed by atoms with Crippen molar-refractivity contribution in [2.24, 2.45) is 0 Å². The van der Waals surface area contributed by atoms with Crippen molar-refractivity contribution in [2.45, 2.75) is 18.9 Å². The highest BCUT2D eigenvalue weighted by molar-refractivity contribution is 5.49. The topological polar surface area (TPSA) is 79.7 Å². The first-order valence-corrected chi connectivity index (χ1v) is 8.50. The molecule has 2 heterocycles. The Hall–Kier alpha value is -2.54. The molecule has 1 aliphatic rings. The predicted molar refractivity (Wildman–Crippen MR) is 96.5 cm³/mol. The van der Waals surface area contributed by atoms with Gasteiger partial charge in [-0.2, -0.15) is 0 Å². The first-order valence-electron chi connectivity index (χ1n) is 8.50. The van der Waals surface area contributed by atoms with Crippen LogP contribution in [0.15, 0.2) is 36.7 Å².